The SMILES string of the molecule is CC(C)(C(=O)NCCNC(=O)c1ccc(NC(=O)C2CC2)cc1)n1nc(-c2ccc(F)cc2)ccc1=O. The first-order valence-corrected chi connectivity index (χ1v) is 12.0. The second kappa shape index (κ2) is 10.7. The van der Waals surface area contributed by atoms with Crippen LogP contribution >= 0.6 is 0 Å². The van der Waals surface area contributed by atoms with Crippen molar-refractivity contribution >= 4 is 23.4 Å². The van der Waals surface area contributed by atoms with Gasteiger partial charge < -0.3 is 16.0 Å². The Morgan fingerprint density at radius 2 is 1.59 bits per heavy atom. The molecule has 37 heavy (non-hydrogen) atoms. The number of amides is 3. The van der Waals surface area contributed by atoms with E-state index in [1.807, 2.05) is 0 Å². The summed E-state index contributed by atoms with van der Waals surface area (Å²) < 4.78 is 14.3. The van der Waals surface area contributed by atoms with Crippen molar-refractivity contribution in [1.82, 2.24) is 20.4 Å². The van der Waals surface area contributed by atoms with Gasteiger partial charge in [-0.15, -0.1) is 0 Å². The number of carbonyl (C=O) groups excluding carboxylic acids is 3. The molecule has 1 aliphatic carbocycles. The Labute approximate surface area is 213 Å². The van der Waals surface area contributed by atoms with Gasteiger partial charge in [-0.25, -0.2) is 9.07 Å². The Hall–Kier alpha value is -4.34. The monoisotopic (exact) mass is 505 g/mol. The van der Waals surface area contributed by atoms with Crippen LogP contribution in [0.25, 0.3) is 11.3 Å². The van der Waals surface area contributed by atoms with E-state index in [9.17, 15) is 23.6 Å². The summed E-state index contributed by atoms with van der Waals surface area (Å²) in [7, 11) is 0. The van der Waals surface area contributed by atoms with Crippen molar-refractivity contribution in [3.8, 4) is 11.3 Å². The Morgan fingerprint density at radius 3 is 2.24 bits per heavy atom. The summed E-state index contributed by atoms with van der Waals surface area (Å²) in [5, 5.41) is 12.6. The maximum Gasteiger partial charge on any atom is 0.267 e. The fourth-order valence-electron chi connectivity index (χ4n) is 3.65. The van der Waals surface area contributed by atoms with Gasteiger partial charge in [-0.1, -0.05) is 0 Å². The lowest BCUT2D eigenvalue weighted by atomic mass is 10.0. The minimum atomic E-state index is -1.32. The van der Waals surface area contributed by atoms with Crippen LogP contribution in [0.4, 0.5) is 10.1 Å². The molecule has 0 spiro atoms. The van der Waals surface area contributed by atoms with E-state index < -0.39 is 22.8 Å². The summed E-state index contributed by atoms with van der Waals surface area (Å²) in [5.74, 6) is -1.08. The van der Waals surface area contributed by atoms with Crippen LogP contribution in [0.15, 0.2) is 65.5 Å². The van der Waals surface area contributed by atoms with Gasteiger partial charge in [0.15, 0.2) is 0 Å². The van der Waals surface area contributed by atoms with E-state index in [0.29, 0.717) is 22.5 Å². The standard InChI is InChI=1S/C27H28FN5O4/c1-27(2,33-23(34)14-13-22(32-33)17-5-9-20(28)10-6-17)26(37)30-16-15-29-24(35)18-7-11-21(12-8-18)31-25(36)19-3-4-19/h5-14,19H,3-4,15-16H2,1-2H3,(H,29,35)(H,30,37)(H,31,36). The minimum absolute atomic E-state index is 0.00416. The number of hydrogen-bond donors (Lipinski definition) is 3. The van der Waals surface area contributed by atoms with Crippen molar-refractivity contribution in [2.45, 2.75) is 32.2 Å². The highest BCUT2D eigenvalue weighted by Crippen LogP contribution is 2.30. The molecule has 0 radical (unpaired) electrons. The molecule has 3 aromatic rings. The number of carbonyl (C=O) groups is 3. The first-order chi connectivity index (χ1) is 17.6. The van der Waals surface area contributed by atoms with Crippen molar-refractivity contribution in [3.63, 3.8) is 0 Å². The first kappa shape index (κ1) is 25.7. The van der Waals surface area contributed by atoms with Crippen LogP contribution in [0, 0.1) is 11.7 Å². The fraction of sp³-hybridized carbons (Fsp3) is 0.296. The zero-order chi connectivity index (χ0) is 26.6. The van der Waals surface area contributed by atoms with E-state index in [-0.39, 0.29) is 30.8 Å². The fourth-order valence-corrected chi connectivity index (χ4v) is 3.65. The molecule has 10 heteroatoms. The second-order valence-electron chi connectivity index (χ2n) is 9.39. The van der Waals surface area contributed by atoms with Crippen LogP contribution < -0.4 is 21.5 Å². The van der Waals surface area contributed by atoms with Crippen molar-refractivity contribution in [2.75, 3.05) is 18.4 Å². The molecule has 0 atom stereocenters. The van der Waals surface area contributed by atoms with Crippen LogP contribution in [0.5, 0.6) is 0 Å². The second-order valence-corrected chi connectivity index (χ2v) is 9.39. The number of hydrogen-bond acceptors (Lipinski definition) is 5. The third kappa shape index (κ3) is 6.27. The number of nitrogens with one attached hydrogen (secondary N) is 3. The third-order valence-electron chi connectivity index (χ3n) is 6.08. The zero-order valence-corrected chi connectivity index (χ0v) is 20.6. The van der Waals surface area contributed by atoms with Gasteiger partial charge >= 0.3 is 0 Å². The molecule has 3 amide bonds. The van der Waals surface area contributed by atoms with Gasteiger partial charge in [0.1, 0.15) is 11.4 Å². The van der Waals surface area contributed by atoms with E-state index >= 15 is 0 Å². The zero-order valence-electron chi connectivity index (χ0n) is 20.6. The van der Waals surface area contributed by atoms with Gasteiger partial charge in [0, 0.05) is 41.9 Å². The van der Waals surface area contributed by atoms with Crippen molar-refractivity contribution in [1.29, 1.82) is 0 Å². The van der Waals surface area contributed by atoms with Crippen molar-refractivity contribution in [3.05, 3.63) is 82.4 Å². The molecular formula is C27H28FN5O4. The Kier molecular flexibility index (Phi) is 7.47. The number of aromatic nitrogens is 2. The van der Waals surface area contributed by atoms with Crippen LogP contribution in [0.3, 0.4) is 0 Å². The molecule has 0 aliphatic heterocycles. The number of halogens is 1. The molecule has 0 unspecified atom stereocenters. The summed E-state index contributed by atoms with van der Waals surface area (Å²) >= 11 is 0. The average Bonchev–Trinajstić information content (AvgIpc) is 3.73. The third-order valence-corrected chi connectivity index (χ3v) is 6.08. The summed E-state index contributed by atoms with van der Waals surface area (Å²) in [4.78, 5) is 49.6. The van der Waals surface area contributed by atoms with Crippen LogP contribution in [0.2, 0.25) is 0 Å². The number of benzene rings is 2. The Morgan fingerprint density at radius 1 is 0.946 bits per heavy atom. The smallest absolute Gasteiger partial charge is 0.267 e. The Balaban J connectivity index is 1.30. The summed E-state index contributed by atoms with van der Waals surface area (Å²) in [6.07, 6.45) is 1.82. The van der Waals surface area contributed by atoms with Gasteiger partial charge in [0.05, 0.1) is 5.69 Å². The topological polar surface area (TPSA) is 122 Å². The summed E-state index contributed by atoms with van der Waals surface area (Å²) in [5.41, 5.74) is 0.298. The highest BCUT2D eigenvalue weighted by atomic mass is 19.1. The summed E-state index contributed by atoms with van der Waals surface area (Å²) in [6, 6.07) is 15.1. The highest BCUT2D eigenvalue weighted by molar-refractivity contribution is 5.96. The molecule has 3 N–H and O–H groups in total. The molecule has 1 aliphatic rings. The first-order valence-electron chi connectivity index (χ1n) is 12.0. The quantitative estimate of drug-likeness (QED) is 0.386. The van der Waals surface area contributed by atoms with Gasteiger partial charge in [-0.2, -0.15) is 5.10 Å². The normalized spacial score (nSPS) is 13.1. The minimum Gasteiger partial charge on any atom is -0.352 e. The molecule has 2 aromatic carbocycles. The van der Waals surface area contributed by atoms with E-state index in [0.717, 1.165) is 17.5 Å². The van der Waals surface area contributed by atoms with Gasteiger partial charge in [-0.3, -0.25) is 19.2 Å². The average molecular weight is 506 g/mol. The molecule has 192 valence electrons. The van der Waals surface area contributed by atoms with Gasteiger partial charge in [0.25, 0.3) is 11.5 Å². The molecule has 9 nitrogen and oxygen atoms in total. The molecule has 0 bridgehead atoms. The van der Waals surface area contributed by atoms with E-state index in [2.05, 4.69) is 21.0 Å². The van der Waals surface area contributed by atoms with E-state index in [4.69, 9.17) is 0 Å². The highest BCUT2D eigenvalue weighted by Gasteiger charge is 2.32. The van der Waals surface area contributed by atoms with Gasteiger partial charge in [0.2, 0.25) is 11.8 Å². The molecule has 1 aromatic heterocycles. The van der Waals surface area contributed by atoms with Crippen LogP contribution in [0.1, 0.15) is 37.0 Å². The molecule has 1 saturated carbocycles. The molecule has 4 rings (SSSR count). The van der Waals surface area contributed by atoms with E-state index in [1.54, 1.807) is 50.2 Å². The number of anilines is 1. The Bertz CT molecular complexity index is 1360. The molecule has 0 saturated heterocycles. The van der Waals surface area contributed by atoms with E-state index in [1.165, 1.54) is 24.3 Å². The predicted molar refractivity (Wildman–Crippen MR) is 136 cm³/mol. The lowest BCUT2D eigenvalue weighted by Gasteiger charge is -2.25. The lowest BCUT2D eigenvalue weighted by Crippen LogP contribution is -2.50. The van der Waals surface area contributed by atoms with Crippen molar-refractivity contribution in [2.24, 2.45) is 5.92 Å². The molecule has 1 fully saturated rings. The number of nitrogens with zero attached hydrogens (tertiary/aromatic N) is 2. The maximum atomic E-state index is 13.2. The lowest BCUT2D eigenvalue weighted by molar-refractivity contribution is -0.129. The largest absolute Gasteiger partial charge is 0.352 e. The summed E-state index contributed by atoms with van der Waals surface area (Å²) in [6.45, 7) is 3.43. The van der Waals surface area contributed by atoms with Crippen molar-refractivity contribution < 1.29 is 18.8 Å². The van der Waals surface area contributed by atoms with Crippen LogP contribution in [-0.2, 0) is 15.1 Å². The van der Waals surface area contributed by atoms with Crippen LogP contribution in [-0.4, -0.2) is 40.6 Å². The predicted octanol–water partition coefficient (Wildman–Crippen LogP) is 2.68. The van der Waals surface area contributed by atoms with Gasteiger partial charge in [-0.05, 0) is 81.3 Å². The molecule has 1 heterocycles. The number of rotatable bonds is 9. The maximum absolute atomic E-state index is 13.2. The molecular weight excluding hydrogens is 477 g/mol.